The summed E-state index contributed by atoms with van der Waals surface area (Å²) < 4.78 is 11.3. The number of aromatic carboxylic acids is 1. The zero-order valence-electron chi connectivity index (χ0n) is 17.7. The zero-order valence-corrected chi connectivity index (χ0v) is 17.7. The molecule has 1 aliphatic rings. The Morgan fingerprint density at radius 2 is 1.97 bits per heavy atom. The van der Waals surface area contributed by atoms with Gasteiger partial charge in [-0.1, -0.05) is 18.2 Å². The van der Waals surface area contributed by atoms with Crippen LogP contribution in [0.4, 0.5) is 27.8 Å². The summed E-state index contributed by atoms with van der Waals surface area (Å²) in [6.45, 7) is 1.23. The van der Waals surface area contributed by atoms with Crippen molar-refractivity contribution in [3.05, 3.63) is 66.2 Å². The largest absolute Gasteiger partial charge is 0.490 e. The second kappa shape index (κ2) is 9.88. The Kier molecular flexibility index (Phi) is 6.56. The summed E-state index contributed by atoms with van der Waals surface area (Å²) in [7, 11) is 0. The summed E-state index contributed by atoms with van der Waals surface area (Å²) in [4.78, 5) is 30.4. The van der Waals surface area contributed by atoms with Gasteiger partial charge >= 0.3 is 12.0 Å². The molecule has 4 rings (SSSR count). The minimum Gasteiger partial charge on any atom is -0.490 e. The average Bonchev–Trinajstić information content (AvgIpc) is 2.83. The fourth-order valence-electron chi connectivity index (χ4n) is 3.27. The molecule has 0 saturated heterocycles. The van der Waals surface area contributed by atoms with Crippen molar-refractivity contribution in [3.8, 4) is 11.5 Å². The first-order valence-corrected chi connectivity index (χ1v) is 10.3. The van der Waals surface area contributed by atoms with Crippen molar-refractivity contribution < 1.29 is 24.2 Å². The number of nitrogens with zero attached hydrogens (tertiary/aromatic N) is 2. The van der Waals surface area contributed by atoms with Crippen LogP contribution in [0.15, 0.2) is 60.7 Å². The van der Waals surface area contributed by atoms with Crippen LogP contribution in [0.1, 0.15) is 10.4 Å². The molecule has 0 spiro atoms. The lowest BCUT2D eigenvalue weighted by atomic mass is 10.2. The number of aromatic nitrogens is 1. The van der Waals surface area contributed by atoms with Gasteiger partial charge in [0.25, 0.3) is 0 Å². The molecule has 170 valence electrons. The van der Waals surface area contributed by atoms with E-state index in [1.165, 1.54) is 17.0 Å². The number of rotatable bonds is 7. The maximum absolute atomic E-state index is 12.9. The maximum Gasteiger partial charge on any atom is 0.335 e. The lowest BCUT2D eigenvalue weighted by Crippen LogP contribution is -2.41. The van der Waals surface area contributed by atoms with Gasteiger partial charge in [-0.2, -0.15) is 0 Å². The van der Waals surface area contributed by atoms with Crippen molar-refractivity contribution in [3.63, 3.8) is 0 Å². The Morgan fingerprint density at radius 1 is 1.15 bits per heavy atom. The standard InChI is InChI=1S/C23H23N5O5/c24-10-12-32-18-7-6-15(22(29)30)14-17(18)26-20-9-8-19-21(27-20)28(11-13-33-19)23(31)25-16-4-2-1-3-5-16/h1-9,14H,10-13,24H2,(H,25,31)(H,26,27)(H,29,30). The van der Waals surface area contributed by atoms with E-state index in [0.29, 0.717) is 54.2 Å². The maximum atomic E-state index is 12.9. The van der Waals surface area contributed by atoms with Gasteiger partial charge in [-0.3, -0.25) is 4.90 Å². The third kappa shape index (κ3) is 5.13. The molecule has 2 aromatic carbocycles. The van der Waals surface area contributed by atoms with E-state index in [-0.39, 0.29) is 18.2 Å². The Hall–Kier alpha value is -4.31. The fourth-order valence-corrected chi connectivity index (χ4v) is 3.27. The highest BCUT2D eigenvalue weighted by Crippen LogP contribution is 2.34. The summed E-state index contributed by atoms with van der Waals surface area (Å²) >= 11 is 0. The van der Waals surface area contributed by atoms with Crippen molar-refractivity contribution in [2.45, 2.75) is 0 Å². The highest BCUT2D eigenvalue weighted by atomic mass is 16.5. The van der Waals surface area contributed by atoms with Gasteiger partial charge in [-0.15, -0.1) is 0 Å². The number of hydrogen-bond donors (Lipinski definition) is 4. The summed E-state index contributed by atoms with van der Waals surface area (Å²) in [5.74, 6) is 0.558. The van der Waals surface area contributed by atoms with Crippen LogP contribution in [-0.4, -0.2) is 48.4 Å². The summed E-state index contributed by atoms with van der Waals surface area (Å²) in [6, 6.07) is 16.6. The summed E-state index contributed by atoms with van der Waals surface area (Å²) in [5.41, 5.74) is 6.68. The number of fused-ring (bicyclic) bond motifs is 1. The number of urea groups is 1. The van der Waals surface area contributed by atoms with Gasteiger partial charge < -0.3 is 30.9 Å². The molecule has 10 nitrogen and oxygen atoms in total. The predicted molar refractivity (Wildman–Crippen MR) is 124 cm³/mol. The monoisotopic (exact) mass is 449 g/mol. The Bertz CT molecular complexity index is 1160. The van der Waals surface area contributed by atoms with Gasteiger partial charge in [0.05, 0.1) is 17.8 Å². The second-order valence-corrected chi connectivity index (χ2v) is 7.09. The van der Waals surface area contributed by atoms with Crippen LogP contribution in [0.25, 0.3) is 0 Å². The Morgan fingerprint density at radius 3 is 2.73 bits per heavy atom. The highest BCUT2D eigenvalue weighted by molar-refractivity contribution is 6.02. The molecule has 0 saturated carbocycles. The number of carbonyl (C=O) groups is 2. The van der Waals surface area contributed by atoms with Crippen LogP contribution in [-0.2, 0) is 0 Å². The first-order chi connectivity index (χ1) is 16.0. The van der Waals surface area contributed by atoms with E-state index in [4.69, 9.17) is 15.2 Å². The van der Waals surface area contributed by atoms with E-state index in [9.17, 15) is 14.7 Å². The molecule has 10 heteroatoms. The molecule has 1 aromatic heterocycles. The second-order valence-electron chi connectivity index (χ2n) is 7.09. The van der Waals surface area contributed by atoms with E-state index in [1.807, 2.05) is 18.2 Å². The topological polar surface area (TPSA) is 139 Å². The molecule has 0 unspecified atom stereocenters. The van der Waals surface area contributed by atoms with Crippen LogP contribution in [0, 0.1) is 0 Å². The molecule has 0 aliphatic carbocycles. The molecule has 3 aromatic rings. The van der Waals surface area contributed by atoms with E-state index < -0.39 is 5.97 Å². The molecule has 0 radical (unpaired) electrons. The number of pyridine rings is 1. The lowest BCUT2D eigenvalue weighted by molar-refractivity contribution is 0.0697. The first kappa shape index (κ1) is 21.9. The number of amides is 2. The molecule has 2 amide bonds. The molecule has 33 heavy (non-hydrogen) atoms. The molecular weight excluding hydrogens is 426 g/mol. The van der Waals surface area contributed by atoms with Gasteiger partial charge in [0.1, 0.15) is 24.8 Å². The van der Waals surface area contributed by atoms with E-state index in [0.717, 1.165) is 0 Å². The minimum absolute atomic E-state index is 0.0859. The van der Waals surface area contributed by atoms with Crippen molar-refractivity contribution in [2.75, 3.05) is 41.8 Å². The van der Waals surface area contributed by atoms with Gasteiger partial charge in [-0.05, 0) is 42.5 Å². The van der Waals surface area contributed by atoms with Gasteiger partial charge in [0, 0.05) is 12.2 Å². The number of ether oxygens (including phenoxy) is 2. The van der Waals surface area contributed by atoms with Crippen LogP contribution < -0.4 is 30.7 Å². The smallest absolute Gasteiger partial charge is 0.335 e. The molecule has 0 fully saturated rings. The molecular formula is C23H23N5O5. The normalized spacial score (nSPS) is 12.3. The number of carbonyl (C=O) groups excluding carboxylic acids is 1. The van der Waals surface area contributed by atoms with Crippen molar-refractivity contribution in [2.24, 2.45) is 5.73 Å². The lowest BCUT2D eigenvalue weighted by Gasteiger charge is -2.29. The first-order valence-electron chi connectivity index (χ1n) is 10.3. The molecule has 5 N–H and O–H groups in total. The molecule has 0 atom stereocenters. The number of carboxylic acid groups (broad SMARTS) is 1. The number of nitrogens with two attached hydrogens (primary N) is 1. The van der Waals surface area contributed by atoms with Gasteiger partial charge in [0.15, 0.2) is 11.6 Å². The van der Waals surface area contributed by atoms with Crippen LogP contribution in [0.3, 0.4) is 0 Å². The fraction of sp³-hybridized carbons (Fsp3) is 0.174. The summed E-state index contributed by atoms with van der Waals surface area (Å²) in [6.07, 6.45) is 0. The van der Waals surface area contributed by atoms with E-state index in [2.05, 4.69) is 15.6 Å². The summed E-state index contributed by atoms with van der Waals surface area (Å²) in [5, 5.41) is 15.3. The number of benzene rings is 2. The van der Waals surface area contributed by atoms with Gasteiger partial charge in [0.2, 0.25) is 0 Å². The van der Waals surface area contributed by atoms with Crippen molar-refractivity contribution in [1.29, 1.82) is 0 Å². The minimum atomic E-state index is -1.07. The quantitative estimate of drug-likeness (QED) is 0.431. The number of para-hydroxylation sites is 1. The number of anilines is 4. The van der Waals surface area contributed by atoms with E-state index in [1.54, 1.807) is 30.3 Å². The third-order valence-corrected chi connectivity index (χ3v) is 4.80. The average molecular weight is 449 g/mol. The zero-order chi connectivity index (χ0) is 23.2. The number of hydrogen-bond acceptors (Lipinski definition) is 7. The number of carboxylic acids is 1. The Labute approximate surface area is 189 Å². The van der Waals surface area contributed by atoms with Crippen molar-refractivity contribution >= 4 is 35.0 Å². The van der Waals surface area contributed by atoms with E-state index >= 15 is 0 Å². The Balaban J connectivity index is 1.61. The van der Waals surface area contributed by atoms with Gasteiger partial charge in [-0.25, -0.2) is 14.6 Å². The van der Waals surface area contributed by atoms with Crippen molar-refractivity contribution in [1.82, 2.24) is 4.98 Å². The third-order valence-electron chi connectivity index (χ3n) is 4.80. The molecule has 1 aliphatic heterocycles. The van der Waals surface area contributed by atoms with Crippen LogP contribution in [0.5, 0.6) is 11.5 Å². The van der Waals surface area contributed by atoms with Crippen LogP contribution in [0.2, 0.25) is 0 Å². The van der Waals surface area contributed by atoms with Crippen LogP contribution >= 0.6 is 0 Å². The molecule has 0 bridgehead atoms. The highest BCUT2D eigenvalue weighted by Gasteiger charge is 2.26. The molecule has 2 heterocycles. The SMILES string of the molecule is NCCOc1ccc(C(=O)O)cc1Nc1ccc2c(n1)N(C(=O)Nc1ccccc1)CCO2. The number of nitrogens with one attached hydrogen (secondary N) is 2. The predicted octanol–water partition coefficient (Wildman–Crippen LogP) is 3.29.